The Balaban J connectivity index is 1.29. The van der Waals surface area contributed by atoms with Crippen molar-refractivity contribution in [1.82, 2.24) is 34.3 Å². The number of nitrogens with zero attached hydrogens (tertiary/aromatic N) is 8. The summed E-state index contributed by atoms with van der Waals surface area (Å²) in [7, 11) is 1.18. The maximum atomic E-state index is 8.79. The number of fused-ring (bicyclic) bond motifs is 3. The molecular weight excluding hydrogens is 474 g/mol. The molecule has 1 saturated heterocycles. The Morgan fingerprint density at radius 2 is 1.92 bits per heavy atom. The van der Waals surface area contributed by atoms with Gasteiger partial charge in [0.25, 0.3) is 0 Å². The second-order valence-corrected chi connectivity index (χ2v) is 7.79. The fourth-order valence-corrected chi connectivity index (χ4v) is 3.71. The van der Waals surface area contributed by atoms with Crippen LogP contribution in [0.1, 0.15) is 13.7 Å². The lowest BCUT2D eigenvalue weighted by Crippen LogP contribution is -2.47. The molecule has 0 aliphatic carbocycles. The lowest BCUT2D eigenvalue weighted by Gasteiger charge is -2.36. The third kappa shape index (κ3) is 4.68. The summed E-state index contributed by atoms with van der Waals surface area (Å²) in [5.74, 6) is 0.766. The molecule has 4 aromatic heterocycles. The number of methoxy groups -OCH3 is 1. The van der Waals surface area contributed by atoms with Gasteiger partial charge in [-0.05, 0) is 36.4 Å². The molecule has 1 fully saturated rings. The monoisotopic (exact) mass is 513 g/mol. The van der Waals surface area contributed by atoms with Crippen LogP contribution in [0.2, 0.25) is 0 Å². The number of piperazine rings is 1. The average molecular weight is 514 g/mol. The second kappa shape index (κ2) is 10.1. The molecule has 0 amide bonds. The fraction of sp³-hybridized carbons (Fsp3) is 0.360. The Morgan fingerprint density at radius 1 is 1.08 bits per heavy atom. The Hall–Kier alpha value is -4.16. The molecule has 192 valence electrons. The fourth-order valence-electron chi connectivity index (χ4n) is 3.71. The summed E-state index contributed by atoms with van der Waals surface area (Å²) >= 11 is 0. The van der Waals surface area contributed by atoms with E-state index in [1.807, 2.05) is 0 Å². The zero-order valence-corrected chi connectivity index (χ0v) is 19.6. The van der Waals surface area contributed by atoms with Crippen LogP contribution in [0.4, 0.5) is 11.6 Å². The first-order valence-electron chi connectivity index (χ1n) is 16.2. The van der Waals surface area contributed by atoms with Gasteiger partial charge in [-0.1, -0.05) is 0 Å². The first-order chi connectivity index (χ1) is 21.9. The van der Waals surface area contributed by atoms with Crippen LogP contribution >= 0.6 is 0 Å². The molecule has 5 heterocycles. The normalized spacial score (nSPS) is 24.5. The van der Waals surface area contributed by atoms with Gasteiger partial charge in [-0.15, -0.1) is 5.10 Å². The van der Waals surface area contributed by atoms with Crippen molar-refractivity contribution in [3.8, 4) is 17.3 Å². The zero-order chi connectivity index (χ0) is 34.2. The number of furan rings is 1. The van der Waals surface area contributed by atoms with Gasteiger partial charge in [-0.2, -0.15) is 14.6 Å². The van der Waals surface area contributed by atoms with Gasteiger partial charge in [-0.25, -0.2) is 9.67 Å². The molecule has 0 atom stereocenters. The Kier molecular flexibility index (Phi) is 3.96. The number of nitrogens with two attached hydrogens (primary N) is 1. The van der Waals surface area contributed by atoms with Crippen molar-refractivity contribution in [3.63, 3.8) is 0 Å². The van der Waals surface area contributed by atoms with Crippen LogP contribution < -0.4 is 15.4 Å². The highest BCUT2D eigenvalue weighted by Crippen LogP contribution is 2.24. The van der Waals surface area contributed by atoms with E-state index in [4.69, 9.17) is 28.6 Å². The van der Waals surface area contributed by atoms with Crippen molar-refractivity contribution in [2.75, 3.05) is 63.4 Å². The minimum Gasteiger partial charge on any atom is -0.491 e. The van der Waals surface area contributed by atoms with E-state index in [-0.39, 0.29) is 35.4 Å². The van der Waals surface area contributed by atoms with Crippen molar-refractivity contribution < 1.29 is 27.6 Å². The van der Waals surface area contributed by atoms with E-state index >= 15 is 0 Å². The van der Waals surface area contributed by atoms with Crippen molar-refractivity contribution in [2.24, 2.45) is 0 Å². The summed E-state index contributed by atoms with van der Waals surface area (Å²) in [5.41, 5.74) is 6.51. The van der Waals surface area contributed by atoms with Crippen molar-refractivity contribution in [3.05, 3.63) is 48.9 Å². The first kappa shape index (κ1) is 14.5. The quantitative estimate of drug-likeness (QED) is 0.313. The van der Waals surface area contributed by atoms with Crippen LogP contribution in [0.25, 0.3) is 28.3 Å². The van der Waals surface area contributed by atoms with E-state index < -0.39 is 45.7 Å². The summed E-state index contributed by atoms with van der Waals surface area (Å²) in [6.45, 7) is -15.7. The molecule has 0 unspecified atom stereocenters. The Labute approximate surface area is 227 Å². The molecule has 6 rings (SSSR count). The van der Waals surface area contributed by atoms with Gasteiger partial charge in [0.1, 0.15) is 12.4 Å². The zero-order valence-electron chi connectivity index (χ0n) is 29.6. The van der Waals surface area contributed by atoms with Gasteiger partial charge in [0.05, 0.1) is 39.2 Å². The molecule has 12 heteroatoms. The summed E-state index contributed by atoms with van der Waals surface area (Å²) in [6, 6.07) is 8.46. The van der Waals surface area contributed by atoms with Crippen LogP contribution in [0.5, 0.6) is 5.75 Å². The van der Waals surface area contributed by atoms with Crippen LogP contribution in [0.15, 0.2) is 53.3 Å². The van der Waals surface area contributed by atoms with E-state index in [9.17, 15) is 0 Å². The lowest BCUT2D eigenvalue weighted by molar-refractivity contribution is 0.146. The molecule has 0 spiro atoms. The predicted molar refractivity (Wildman–Crippen MR) is 139 cm³/mol. The Morgan fingerprint density at radius 3 is 2.68 bits per heavy atom. The smallest absolute Gasteiger partial charge is 0.225 e. The first-order valence-corrected chi connectivity index (χ1v) is 11.2. The summed E-state index contributed by atoms with van der Waals surface area (Å²) in [5, 5.41) is 9.05. The molecule has 37 heavy (non-hydrogen) atoms. The van der Waals surface area contributed by atoms with E-state index in [1.54, 1.807) is 12.1 Å². The molecule has 12 nitrogen and oxygen atoms in total. The van der Waals surface area contributed by atoms with Crippen LogP contribution in [-0.4, -0.2) is 87.1 Å². The van der Waals surface area contributed by atoms with Gasteiger partial charge >= 0.3 is 0 Å². The van der Waals surface area contributed by atoms with Gasteiger partial charge in [0.2, 0.25) is 11.8 Å². The van der Waals surface area contributed by atoms with Gasteiger partial charge < -0.3 is 24.5 Å². The largest absolute Gasteiger partial charge is 0.491 e. The molecule has 0 saturated carbocycles. The van der Waals surface area contributed by atoms with Gasteiger partial charge in [0, 0.05) is 50.8 Å². The van der Waals surface area contributed by atoms with Crippen LogP contribution in [0, 0.1) is 0 Å². The number of nitrogen functional groups attached to an aromatic ring is 1. The van der Waals surface area contributed by atoms with Crippen LogP contribution in [-0.2, 0) is 11.3 Å². The third-order valence-corrected chi connectivity index (χ3v) is 5.50. The SMILES string of the molecule is [2H]C([2H])(COc1ccc(N2C([2H])([2H])C([2H])([2H])N(CCn3ncc4c3nc(N)n3nc(-c5ccco5)nc43)C([2H])([2H])C2([2H])[2H])cc1)OC. The maximum absolute atomic E-state index is 8.79. The lowest BCUT2D eigenvalue weighted by atomic mass is 10.2. The van der Waals surface area contributed by atoms with Crippen molar-refractivity contribution in [1.29, 1.82) is 0 Å². The van der Waals surface area contributed by atoms with Crippen molar-refractivity contribution in [2.45, 2.75) is 6.54 Å². The van der Waals surface area contributed by atoms with Gasteiger partial charge in [-0.3, -0.25) is 4.90 Å². The molecule has 1 aliphatic heterocycles. The van der Waals surface area contributed by atoms with E-state index in [0.717, 1.165) is 0 Å². The van der Waals surface area contributed by atoms with E-state index in [0.29, 0.717) is 26.6 Å². The molecular formula is C25H29N9O3. The number of ether oxygens (including phenoxy) is 2. The molecule has 0 bridgehead atoms. The summed E-state index contributed by atoms with van der Waals surface area (Å²) in [6.07, 6.45) is 2.91. The number of hydrogen-bond donors (Lipinski definition) is 1. The van der Waals surface area contributed by atoms with Crippen LogP contribution in [0.3, 0.4) is 0 Å². The maximum Gasteiger partial charge on any atom is 0.225 e. The van der Waals surface area contributed by atoms with E-state index in [2.05, 4.69) is 24.9 Å². The molecule has 2 N–H and O–H groups in total. The number of aromatic nitrogens is 6. The predicted octanol–water partition coefficient (Wildman–Crippen LogP) is 2.16. The molecule has 5 aromatic rings. The third-order valence-electron chi connectivity index (χ3n) is 5.50. The Bertz CT molecular complexity index is 1880. The number of anilines is 2. The van der Waals surface area contributed by atoms with E-state index in [1.165, 1.54) is 53.0 Å². The minimum absolute atomic E-state index is 0.0414. The summed E-state index contributed by atoms with van der Waals surface area (Å²) < 4.78 is 104. The highest BCUT2D eigenvalue weighted by molar-refractivity contribution is 5.90. The topological polar surface area (TPSA) is 125 Å². The highest BCUT2D eigenvalue weighted by atomic mass is 16.5. The number of benzene rings is 1. The molecule has 0 radical (unpaired) electrons. The minimum atomic E-state index is -3.11. The second-order valence-electron chi connectivity index (χ2n) is 7.79. The van der Waals surface area contributed by atoms with Crippen molar-refractivity contribution >= 4 is 28.3 Å². The van der Waals surface area contributed by atoms with Gasteiger partial charge in [0.15, 0.2) is 17.1 Å². The number of rotatable bonds is 9. The summed E-state index contributed by atoms with van der Waals surface area (Å²) in [4.78, 5) is 9.76. The molecule has 1 aliphatic rings. The highest BCUT2D eigenvalue weighted by Gasteiger charge is 2.20. The number of hydrogen-bond acceptors (Lipinski definition) is 10. The molecule has 1 aromatic carbocycles. The average Bonchev–Trinajstić information content (AvgIpc) is 3.76. The standard InChI is InChI=1S/C25H29N9O3/c1-35-15-16-36-19-6-4-18(5-7-19)32-11-8-31(9-12-32)10-13-33-23-20(17-27-33)24-28-22(21-3-2-14-37-21)30-34(24)25(26)29-23/h2-7,14,17H,8-13,15-16H2,1H3,(H2,26,29)/i8D2,9D2,11D2,12D2,15D2.